The molecular weight excluding hydrogens is 350 g/mol. The third-order valence-corrected chi connectivity index (χ3v) is 7.25. The van der Waals surface area contributed by atoms with Gasteiger partial charge in [0, 0.05) is 37.8 Å². The van der Waals surface area contributed by atoms with Gasteiger partial charge >= 0.3 is 0 Å². The number of para-hydroxylation sites is 1. The standard InChI is InChI=1S/C22H33N5O/c1-14-6-5-9-16-12-17(25-19(14)16)22(28)26-21-20(15-7-3-2-4-8-15)27-11-10-23-18(27)13-24-21/h5-6,9,15,17-18,20-21,23-25H,2-4,7-8,10-13H2,1H3,(H,26,28). The van der Waals surface area contributed by atoms with Gasteiger partial charge in [-0.3, -0.25) is 20.3 Å². The minimum atomic E-state index is -0.167. The molecule has 0 bridgehead atoms. The van der Waals surface area contributed by atoms with E-state index in [4.69, 9.17) is 0 Å². The van der Waals surface area contributed by atoms with Crippen molar-refractivity contribution >= 4 is 11.6 Å². The van der Waals surface area contributed by atoms with E-state index in [-0.39, 0.29) is 18.1 Å². The first-order chi connectivity index (χ1) is 13.7. The molecule has 4 N–H and O–H groups in total. The first kappa shape index (κ1) is 18.4. The second-order valence-electron chi connectivity index (χ2n) is 9.00. The van der Waals surface area contributed by atoms with Crippen LogP contribution in [0, 0.1) is 12.8 Å². The van der Waals surface area contributed by atoms with Gasteiger partial charge in [-0.15, -0.1) is 0 Å². The van der Waals surface area contributed by atoms with Crippen LogP contribution >= 0.6 is 0 Å². The third kappa shape index (κ3) is 3.31. The fourth-order valence-electron chi connectivity index (χ4n) is 5.85. The highest BCUT2D eigenvalue weighted by atomic mass is 16.2. The zero-order chi connectivity index (χ0) is 19.1. The van der Waals surface area contributed by atoms with Crippen LogP contribution in [0.1, 0.15) is 43.2 Å². The molecule has 4 aliphatic rings. The number of piperazine rings is 1. The van der Waals surface area contributed by atoms with Crippen molar-refractivity contribution in [3.8, 4) is 0 Å². The van der Waals surface area contributed by atoms with E-state index in [0.717, 1.165) is 31.7 Å². The molecule has 152 valence electrons. The molecule has 0 spiro atoms. The predicted molar refractivity (Wildman–Crippen MR) is 111 cm³/mol. The van der Waals surface area contributed by atoms with Gasteiger partial charge in [-0.2, -0.15) is 0 Å². The van der Waals surface area contributed by atoms with Gasteiger partial charge in [-0.05, 0) is 36.8 Å². The van der Waals surface area contributed by atoms with Gasteiger partial charge in [0.1, 0.15) is 6.04 Å². The Hall–Kier alpha value is -1.63. The van der Waals surface area contributed by atoms with Crippen LogP contribution in [-0.2, 0) is 11.2 Å². The number of hydrogen-bond acceptors (Lipinski definition) is 5. The summed E-state index contributed by atoms with van der Waals surface area (Å²) in [6.07, 6.45) is 7.81. The Labute approximate surface area is 167 Å². The number of fused-ring (bicyclic) bond motifs is 2. The van der Waals surface area contributed by atoms with Crippen molar-refractivity contribution < 1.29 is 4.79 Å². The molecule has 6 nitrogen and oxygen atoms in total. The number of carbonyl (C=O) groups is 1. The maximum atomic E-state index is 13.2. The second kappa shape index (κ2) is 7.65. The summed E-state index contributed by atoms with van der Waals surface area (Å²) in [7, 11) is 0. The second-order valence-corrected chi connectivity index (χ2v) is 9.00. The van der Waals surface area contributed by atoms with Crippen LogP contribution in [-0.4, -0.2) is 54.9 Å². The molecule has 3 fully saturated rings. The fourth-order valence-corrected chi connectivity index (χ4v) is 5.85. The summed E-state index contributed by atoms with van der Waals surface area (Å²) in [5, 5.41) is 14.1. The molecule has 0 aromatic heterocycles. The van der Waals surface area contributed by atoms with E-state index in [1.54, 1.807) is 0 Å². The average molecular weight is 384 g/mol. The third-order valence-electron chi connectivity index (χ3n) is 7.25. The Bertz CT molecular complexity index is 732. The number of benzene rings is 1. The van der Waals surface area contributed by atoms with Crippen LogP contribution in [0.4, 0.5) is 5.69 Å². The Morgan fingerprint density at radius 3 is 2.86 bits per heavy atom. The zero-order valence-electron chi connectivity index (χ0n) is 16.8. The van der Waals surface area contributed by atoms with E-state index in [9.17, 15) is 4.79 Å². The van der Waals surface area contributed by atoms with Crippen molar-refractivity contribution in [2.75, 3.05) is 25.0 Å². The van der Waals surface area contributed by atoms with E-state index >= 15 is 0 Å². The van der Waals surface area contributed by atoms with E-state index in [0.29, 0.717) is 18.1 Å². The molecule has 1 aromatic rings. The van der Waals surface area contributed by atoms with E-state index in [1.165, 1.54) is 43.2 Å². The molecule has 1 amide bonds. The van der Waals surface area contributed by atoms with E-state index in [2.05, 4.69) is 51.3 Å². The summed E-state index contributed by atoms with van der Waals surface area (Å²) < 4.78 is 0. The van der Waals surface area contributed by atoms with Crippen molar-refractivity contribution in [1.29, 1.82) is 0 Å². The number of aryl methyl sites for hydroxylation is 1. The maximum Gasteiger partial charge on any atom is 0.244 e. The Kier molecular flexibility index (Phi) is 5.03. The smallest absolute Gasteiger partial charge is 0.244 e. The molecular formula is C22H33N5O. The molecule has 1 aliphatic carbocycles. The molecule has 4 unspecified atom stereocenters. The zero-order valence-corrected chi connectivity index (χ0v) is 16.8. The monoisotopic (exact) mass is 383 g/mol. The fraction of sp³-hybridized carbons (Fsp3) is 0.682. The first-order valence-corrected chi connectivity index (χ1v) is 11.1. The van der Waals surface area contributed by atoms with Crippen LogP contribution in [0.25, 0.3) is 0 Å². The summed E-state index contributed by atoms with van der Waals surface area (Å²) >= 11 is 0. The van der Waals surface area contributed by atoms with Crippen LogP contribution in [0.15, 0.2) is 18.2 Å². The number of amides is 1. The molecule has 2 saturated heterocycles. The normalized spacial score (nSPS) is 33.2. The molecule has 1 saturated carbocycles. The van der Waals surface area contributed by atoms with Crippen molar-refractivity contribution in [1.82, 2.24) is 20.9 Å². The number of nitrogens with zero attached hydrogens (tertiary/aromatic N) is 1. The van der Waals surface area contributed by atoms with E-state index < -0.39 is 0 Å². The average Bonchev–Trinajstić information content (AvgIpc) is 3.36. The predicted octanol–water partition coefficient (Wildman–Crippen LogP) is 1.56. The largest absolute Gasteiger partial charge is 0.373 e. The molecule has 3 aliphatic heterocycles. The van der Waals surface area contributed by atoms with Crippen LogP contribution in [0.3, 0.4) is 0 Å². The van der Waals surface area contributed by atoms with Crippen molar-refractivity contribution in [3.05, 3.63) is 29.3 Å². The lowest BCUT2D eigenvalue weighted by Crippen LogP contribution is -2.70. The molecule has 4 atom stereocenters. The summed E-state index contributed by atoms with van der Waals surface area (Å²) in [5.41, 5.74) is 3.62. The Morgan fingerprint density at radius 2 is 2.04 bits per heavy atom. The van der Waals surface area contributed by atoms with Gasteiger partial charge in [0.05, 0.1) is 12.3 Å². The Morgan fingerprint density at radius 1 is 1.18 bits per heavy atom. The lowest BCUT2D eigenvalue weighted by atomic mass is 9.81. The summed E-state index contributed by atoms with van der Waals surface area (Å²) in [6, 6.07) is 6.54. The number of hydrogen-bond donors (Lipinski definition) is 4. The lowest BCUT2D eigenvalue weighted by molar-refractivity contribution is -0.124. The van der Waals surface area contributed by atoms with Gasteiger partial charge < -0.3 is 10.6 Å². The minimum absolute atomic E-state index is 0.0401. The maximum absolute atomic E-state index is 13.2. The van der Waals surface area contributed by atoms with Gasteiger partial charge in [-0.25, -0.2) is 0 Å². The molecule has 28 heavy (non-hydrogen) atoms. The van der Waals surface area contributed by atoms with E-state index in [1.807, 2.05) is 0 Å². The first-order valence-electron chi connectivity index (χ1n) is 11.1. The van der Waals surface area contributed by atoms with Gasteiger partial charge in [0.25, 0.3) is 0 Å². The van der Waals surface area contributed by atoms with Gasteiger partial charge in [0.2, 0.25) is 5.91 Å². The number of anilines is 1. The molecule has 0 radical (unpaired) electrons. The van der Waals surface area contributed by atoms with Crippen molar-refractivity contribution in [2.24, 2.45) is 5.92 Å². The number of nitrogens with one attached hydrogen (secondary N) is 4. The quantitative estimate of drug-likeness (QED) is 0.638. The number of carbonyl (C=O) groups excluding carboxylic acids is 1. The highest BCUT2D eigenvalue weighted by molar-refractivity contribution is 5.88. The minimum Gasteiger partial charge on any atom is -0.373 e. The molecule has 1 aromatic carbocycles. The summed E-state index contributed by atoms with van der Waals surface area (Å²) in [6.45, 7) is 5.14. The SMILES string of the molecule is Cc1cccc2c1NC(C(=O)NC1NCC3NCCN3C1C1CCCCC1)C2. The molecule has 6 heteroatoms. The van der Waals surface area contributed by atoms with Crippen molar-refractivity contribution in [3.63, 3.8) is 0 Å². The highest BCUT2D eigenvalue weighted by Gasteiger charge is 2.44. The summed E-state index contributed by atoms with van der Waals surface area (Å²) in [5.74, 6) is 0.796. The van der Waals surface area contributed by atoms with Crippen LogP contribution in [0.2, 0.25) is 0 Å². The Balaban J connectivity index is 1.30. The highest BCUT2D eigenvalue weighted by Crippen LogP contribution is 2.33. The van der Waals surface area contributed by atoms with Gasteiger partial charge in [-0.1, -0.05) is 37.5 Å². The van der Waals surface area contributed by atoms with Gasteiger partial charge in [0.15, 0.2) is 0 Å². The van der Waals surface area contributed by atoms with Crippen LogP contribution < -0.4 is 21.3 Å². The van der Waals surface area contributed by atoms with Crippen molar-refractivity contribution in [2.45, 2.75) is 69.9 Å². The number of rotatable bonds is 3. The lowest BCUT2D eigenvalue weighted by Gasteiger charge is -2.48. The molecule has 5 rings (SSSR count). The summed E-state index contributed by atoms with van der Waals surface area (Å²) in [4.78, 5) is 15.8. The van der Waals surface area contributed by atoms with Crippen LogP contribution in [0.5, 0.6) is 0 Å². The topological polar surface area (TPSA) is 68.4 Å². The molecule has 3 heterocycles.